The lowest BCUT2D eigenvalue weighted by Gasteiger charge is -2.47. The van der Waals surface area contributed by atoms with Gasteiger partial charge in [0.1, 0.15) is 0 Å². The van der Waals surface area contributed by atoms with Gasteiger partial charge in [-0.3, -0.25) is 9.69 Å². The Morgan fingerprint density at radius 2 is 2.00 bits per heavy atom. The maximum absolute atomic E-state index is 12.3. The summed E-state index contributed by atoms with van der Waals surface area (Å²) in [5.74, 6) is 0.0318. The molecule has 1 aliphatic heterocycles. The second kappa shape index (κ2) is 8.24. The van der Waals surface area contributed by atoms with Gasteiger partial charge in [-0.05, 0) is 19.8 Å². The summed E-state index contributed by atoms with van der Waals surface area (Å²) >= 11 is 0. The number of nitrogens with one attached hydrogen (secondary N) is 1. The van der Waals surface area contributed by atoms with Gasteiger partial charge >= 0.3 is 0 Å². The molecule has 2 rings (SSSR count). The van der Waals surface area contributed by atoms with Crippen LogP contribution in [-0.4, -0.2) is 68.4 Å². The van der Waals surface area contributed by atoms with Crippen LogP contribution in [0.5, 0.6) is 0 Å². The number of nitrogens with two attached hydrogens (primary N) is 1. The van der Waals surface area contributed by atoms with Crippen LogP contribution in [-0.2, 0) is 14.3 Å². The van der Waals surface area contributed by atoms with Crippen LogP contribution in [0.1, 0.15) is 39.0 Å². The van der Waals surface area contributed by atoms with Gasteiger partial charge in [0.2, 0.25) is 5.91 Å². The zero-order valence-electron chi connectivity index (χ0n) is 14.0. The van der Waals surface area contributed by atoms with E-state index in [0.717, 1.165) is 39.1 Å². The van der Waals surface area contributed by atoms with E-state index in [-0.39, 0.29) is 23.6 Å². The van der Waals surface area contributed by atoms with Gasteiger partial charge in [-0.25, -0.2) is 0 Å². The number of carbonyl (C=O) groups excluding carboxylic acids is 1. The number of carbonyl (C=O) groups is 1. The van der Waals surface area contributed by atoms with Crippen LogP contribution in [0, 0.1) is 0 Å². The van der Waals surface area contributed by atoms with Gasteiger partial charge in [-0.1, -0.05) is 12.8 Å². The molecule has 0 spiro atoms. The molecule has 1 heterocycles. The zero-order valence-corrected chi connectivity index (χ0v) is 14.0. The Bertz CT molecular complexity index is 349. The van der Waals surface area contributed by atoms with Crippen LogP contribution in [0.25, 0.3) is 0 Å². The average molecular weight is 313 g/mol. The Hall–Kier alpha value is -0.690. The molecule has 6 heteroatoms. The van der Waals surface area contributed by atoms with Crippen molar-refractivity contribution < 1.29 is 14.3 Å². The smallest absolute Gasteiger partial charge is 0.222 e. The molecule has 0 bridgehead atoms. The molecule has 2 aliphatic rings. The summed E-state index contributed by atoms with van der Waals surface area (Å²) in [4.78, 5) is 14.8. The van der Waals surface area contributed by atoms with Crippen LogP contribution in [0.15, 0.2) is 0 Å². The van der Waals surface area contributed by atoms with Crippen molar-refractivity contribution in [2.45, 2.75) is 56.7 Å². The summed E-state index contributed by atoms with van der Waals surface area (Å²) in [7, 11) is 1.60. The summed E-state index contributed by atoms with van der Waals surface area (Å²) in [6.45, 7) is 6.02. The van der Waals surface area contributed by atoms with Gasteiger partial charge in [0.25, 0.3) is 0 Å². The van der Waals surface area contributed by atoms with Crippen molar-refractivity contribution in [1.29, 1.82) is 0 Å². The monoisotopic (exact) mass is 313 g/mol. The number of ether oxygens (including phenoxy) is 2. The molecule has 22 heavy (non-hydrogen) atoms. The van der Waals surface area contributed by atoms with E-state index >= 15 is 0 Å². The molecular weight excluding hydrogens is 282 g/mol. The Kier molecular flexibility index (Phi) is 6.62. The third-order valence-electron chi connectivity index (χ3n) is 5.30. The van der Waals surface area contributed by atoms with Crippen LogP contribution in [0.2, 0.25) is 0 Å². The zero-order chi connectivity index (χ0) is 16.0. The third-order valence-corrected chi connectivity index (χ3v) is 5.30. The highest BCUT2D eigenvalue weighted by molar-refractivity contribution is 5.77. The Balaban J connectivity index is 1.97. The van der Waals surface area contributed by atoms with Crippen molar-refractivity contribution in [1.82, 2.24) is 10.2 Å². The molecule has 6 nitrogen and oxygen atoms in total. The minimum Gasteiger partial charge on any atom is -0.380 e. The fourth-order valence-corrected chi connectivity index (χ4v) is 3.92. The molecule has 2 fully saturated rings. The maximum Gasteiger partial charge on any atom is 0.222 e. The Morgan fingerprint density at radius 3 is 2.55 bits per heavy atom. The van der Waals surface area contributed by atoms with E-state index in [1.54, 1.807) is 7.11 Å². The van der Waals surface area contributed by atoms with Gasteiger partial charge in [0.15, 0.2) is 0 Å². The first-order chi connectivity index (χ1) is 10.6. The van der Waals surface area contributed by atoms with Crippen LogP contribution in [0.3, 0.4) is 0 Å². The highest BCUT2D eigenvalue weighted by Gasteiger charge is 2.44. The van der Waals surface area contributed by atoms with E-state index < -0.39 is 0 Å². The van der Waals surface area contributed by atoms with Gasteiger partial charge in [-0.15, -0.1) is 0 Å². The second-order valence-electron chi connectivity index (χ2n) is 6.50. The molecule has 1 aliphatic carbocycles. The van der Waals surface area contributed by atoms with Gasteiger partial charge in [0, 0.05) is 38.3 Å². The predicted octanol–water partition coefficient (Wildman–Crippen LogP) is 0.500. The lowest BCUT2D eigenvalue weighted by molar-refractivity contribution is -0.125. The van der Waals surface area contributed by atoms with Gasteiger partial charge in [-0.2, -0.15) is 0 Å². The van der Waals surface area contributed by atoms with Crippen molar-refractivity contribution in [3.8, 4) is 0 Å². The minimum atomic E-state index is -0.199. The summed E-state index contributed by atoms with van der Waals surface area (Å²) < 4.78 is 10.7. The lowest BCUT2D eigenvalue weighted by Crippen LogP contribution is -2.62. The fourth-order valence-electron chi connectivity index (χ4n) is 3.92. The summed E-state index contributed by atoms with van der Waals surface area (Å²) in [6.07, 6.45) is 4.91. The van der Waals surface area contributed by atoms with Crippen molar-refractivity contribution >= 4 is 5.91 Å². The first-order valence-corrected chi connectivity index (χ1v) is 8.47. The number of hydrogen-bond acceptors (Lipinski definition) is 5. The number of rotatable bonds is 7. The molecule has 1 saturated carbocycles. The molecule has 1 saturated heterocycles. The van der Waals surface area contributed by atoms with Crippen molar-refractivity contribution in [2.24, 2.45) is 5.73 Å². The molecule has 128 valence electrons. The maximum atomic E-state index is 12.3. The molecule has 0 aromatic carbocycles. The van der Waals surface area contributed by atoms with Crippen LogP contribution >= 0.6 is 0 Å². The normalized spacial score (nSPS) is 24.9. The first-order valence-electron chi connectivity index (χ1n) is 8.47. The SMILES string of the molecule is COC(CN)CC(=O)NC(C)C1(N2CCOCC2)CCCC1. The first kappa shape index (κ1) is 17.7. The molecule has 0 radical (unpaired) electrons. The van der Waals surface area contributed by atoms with Crippen LogP contribution < -0.4 is 11.1 Å². The van der Waals surface area contributed by atoms with E-state index in [1.807, 2.05) is 0 Å². The van der Waals surface area contributed by atoms with E-state index in [9.17, 15) is 4.79 Å². The van der Waals surface area contributed by atoms with Crippen molar-refractivity contribution in [3.05, 3.63) is 0 Å². The molecule has 0 aromatic heterocycles. The van der Waals surface area contributed by atoms with E-state index in [2.05, 4.69) is 17.1 Å². The largest absolute Gasteiger partial charge is 0.380 e. The topological polar surface area (TPSA) is 76.8 Å². The number of nitrogens with zero attached hydrogens (tertiary/aromatic N) is 1. The number of hydrogen-bond donors (Lipinski definition) is 2. The molecule has 0 aromatic rings. The van der Waals surface area contributed by atoms with E-state index in [1.165, 1.54) is 12.8 Å². The number of amides is 1. The quantitative estimate of drug-likeness (QED) is 0.716. The Labute approximate surface area is 133 Å². The number of morpholine rings is 1. The van der Waals surface area contributed by atoms with Gasteiger partial charge in [0.05, 0.1) is 25.7 Å². The molecule has 1 amide bonds. The minimum absolute atomic E-state index is 0.0318. The highest BCUT2D eigenvalue weighted by atomic mass is 16.5. The third kappa shape index (κ3) is 3.98. The average Bonchev–Trinajstić information content (AvgIpc) is 3.04. The summed E-state index contributed by atoms with van der Waals surface area (Å²) in [6, 6.07) is 0.135. The van der Waals surface area contributed by atoms with Gasteiger partial charge < -0.3 is 20.5 Å². The second-order valence-corrected chi connectivity index (χ2v) is 6.50. The van der Waals surface area contributed by atoms with Crippen molar-refractivity contribution in [2.75, 3.05) is 40.0 Å². The highest BCUT2D eigenvalue weighted by Crippen LogP contribution is 2.38. The number of methoxy groups -OCH3 is 1. The predicted molar refractivity (Wildman–Crippen MR) is 85.7 cm³/mol. The molecular formula is C16H31N3O3. The molecule has 2 atom stereocenters. The summed E-state index contributed by atoms with van der Waals surface area (Å²) in [5.41, 5.74) is 5.69. The molecule has 3 N–H and O–H groups in total. The molecule has 2 unspecified atom stereocenters. The van der Waals surface area contributed by atoms with Crippen LogP contribution in [0.4, 0.5) is 0 Å². The van der Waals surface area contributed by atoms with E-state index in [4.69, 9.17) is 15.2 Å². The Morgan fingerprint density at radius 1 is 1.36 bits per heavy atom. The standard InChI is InChI=1S/C16H31N3O3/c1-13(18-15(20)11-14(12-17)21-2)16(5-3-4-6-16)19-7-9-22-10-8-19/h13-14H,3-12,17H2,1-2H3,(H,18,20). The lowest BCUT2D eigenvalue weighted by atomic mass is 9.86. The fraction of sp³-hybridized carbons (Fsp3) is 0.938. The van der Waals surface area contributed by atoms with E-state index in [0.29, 0.717) is 13.0 Å². The van der Waals surface area contributed by atoms with Crippen molar-refractivity contribution in [3.63, 3.8) is 0 Å². The summed E-state index contributed by atoms with van der Waals surface area (Å²) in [5, 5.41) is 3.20.